The number of alkyl halides is 3. The van der Waals surface area contributed by atoms with Gasteiger partial charge in [0, 0.05) is 10.2 Å². The topological polar surface area (TPSA) is 110 Å². The van der Waals surface area contributed by atoms with E-state index in [1.165, 1.54) is 6.07 Å². The van der Waals surface area contributed by atoms with Crippen molar-refractivity contribution in [3.8, 4) is 0 Å². The molecule has 0 saturated heterocycles. The fourth-order valence-electron chi connectivity index (χ4n) is 2.35. The number of nitrogen functional groups attached to an aromatic ring is 1. The molecule has 0 aliphatic carbocycles. The fraction of sp³-hybridized carbons (Fsp3) is 0.111. The number of carbonyl (C=O) groups is 1. The number of amides is 1. The zero-order valence-electron chi connectivity index (χ0n) is 15.9. The second-order valence-electron chi connectivity index (χ2n) is 6.13. The summed E-state index contributed by atoms with van der Waals surface area (Å²) < 4.78 is 40.8. The van der Waals surface area contributed by atoms with Crippen LogP contribution in [0.5, 0.6) is 0 Å². The van der Waals surface area contributed by atoms with Crippen LogP contribution in [0.4, 0.5) is 24.8 Å². The number of nitrogens with two attached hydrogens (primary N) is 1. The molecular formula is C18H14BrClF3N7OS. The van der Waals surface area contributed by atoms with E-state index < -0.39 is 22.7 Å². The molecule has 1 heterocycles. The van der Waals surface area contributed by atoms with Crippen LogP contribution in [-0.2, 0) is 11.0 Å². The normalized spacial score (nSPS) is 11.7. The minimum Gasteiger partial charge on any atom is -0.334 e. The van der Waals surface area contributed by atoms with Crippen LogP contribution in [0, 0.1) is 0 Å². The van der Waals surface area contributed by atoms with Crippen LogP contribution in [0.3, 0.4) is 0 Å². The lowest BCUT2D eigenvalue weighted by molar-refractivity contribution is -0.137. The summed E-state index contributed by atoms with van der Waals surface area (Å²) in [5.41, 5.74) is 2.40. The standard InChI is InChI=1S/C18H14BrClF3N7OS/c19-11-3-1-2-10(6-11)8-25-27-16-28-29-17(30(16)24)32-9-15(31)26-12-4-5-14(20)13(7-12)18(21,22)23/h1-8H,9,24H2,(H,26,31)(H,27,28)/b25-8+. The van der Waals surface area contributed by atoms with Crippen LogP contribution in [0.2, 0.25) is 5.02 Å². The molecule has 32 heavy (non-hydrogen) atoms. The zero-order valence-corrected chi connectivity index (χ0v) is 19.1. The Kier molecular flexibility index (Phi) is 7.64. The predicted octanol–water partition coefficient (Wildman–Crippen LogP) is 4.60. The van der Waals surface area contributed by atoms with Crippen molar-refractivity contribution in [3.63, 3.8) is 0 Å². The molecule has 8 nitrogen and oxygen atoms in total. The highest BCUT2D eigenvalue weighted by atomic mass is 79.9. The molecule has 0 fully saturated rings. The van der Waals surface area contributed by atoms with Gasteiger partial charge in [-0.3, -0.25) is 4.79 Å². The summed E-state index contributed by atoms with van der Waals surface area (Å²) in [6.07, 6.45) is -3.08. The van der Waals surface area contributed by atoms with Crippen molar-refractivity contribution in [1.82, 2.24) is 14.9 Å². The molecule has 168 valence electrons. The number of aromatic nitrogens is 3. The lowest BCUT2D eigenvalue weighted by Crippen LogP contribution is -2.17. The van der Waals surface area contributed by atoms with Gasteiger partial charge in [0.25, 0.3) is 5.95 Å². The molecule has 0 radical (unpaired) electrons. The molecule has 0 spiro atoms. The first-order valence-electron chi connectivity index (χ1n) is 8.68. The third-order valence-corrected chi connectivity index (χ3v) is 5.55. The van der Waals surface area contributed by atoms with Crippen molar-refractivity contribution in [2.45, 2.75) is 11.3 Å². The van der Waals surface area contributed by atoms with Gasteiger partial charge < -0.3 is 11.2 Å². The van der Waals surface area contributed by atoms with E-state index in [9.17, 15) is 18.0 Å². The van der Waals surface area contributed by atoms with Gasteiger partial charge in [-0.15, -0.1) is 10.2 Å². The van der Waals surface area contributed by atoms with Gasteiger partial charge in [0.05, 0.1) is 22.6 Å². The number of hydrogen-bond acceptors (Lipinski definition) is 7. The Balaban J connectivity index is 1.56. The first-order valence-corrected chi connectivity index (χ1v) is 10.8. The molecule has 1 aromatic heterocycles. The van der Waals surface area contributed by atoms with Gasteiger partial charge in [0.1, 0.15) is 0 Å². The van der Waals surface area contributed by atoms with Crippen LogP contribution in [0.15, 0.2) is 57.2 Å². The van der Waals surface area contributed by atoms with E-state index in [1.54, 1.807) is 6.21 Å². The van der Waals surface area contributed by atoms with Gasteiger partial charge in [-0.1, -0.05) is 51.4 Å². The largest absolute Gasteiger partial charge is 0.417 e. The SMILES string of the molecule is Nn1c(N/N=C/c2cccc(Br)c2)nnc1SCC(=O)Nc1ccc(Cl)c(C(F)(F)F)c1. The highest BCUT2D eigenvalue weighted by Crippen LogP contribution is 2.36. The summed E-state index contributed by atoms with van der Waals surface area (Å²) in [6.45, 7) is 0. The van der Waals surface area contributed by atoms with Gasteiger partial charge in [-0.25, -0.2) is 10.1 Å². The van der Waals surface area contributed by atoms with Crippen molar-refractivity contribution in [3.05, 3.63) is 63.1 Å². The molecule has 0 aliphatic rings. The van der Waals surface area contributed by atoms with E-state index in [-0.39, 0.29) is 22.5 Å². The van der Waals surface area contributed by atoms with Gasteiger partial charge in [-0.2, -0.15) is 18.3 Å². The van der Waals surface area contributed by atoms with E-state index in [1.807, 2.05) is 24.3 Å². The van der Waals surface area contributed by atoms with Crippen LogP contribution in [-0.4, -0.2) is 32.7 Å². The van der Waals surface area contributed by atoms with Crippen LogP contribution < -0.4 is 16.6 Å². The number of nitrogens with zero attached hydrogens (tertiary/aromatic N) is 4. The van der Waals surface area contributed by atoms with Crippen molar-refractivity contribution in [1.29, 1.82) is 0 Å². The Morgan fingerprint density at radius 3 is 2.78 bits per heavy atom. The molecule has 1 amide bonds. The minimum absolute atomic E-state index is 0.0363. The summed E-state index contributed by atoms with van der Waals surface area (Å²) in [6, 6.07) is 10.5. The molecule has 2 aromatic carbocycles. The Hall–Kier alpha value is -2.77. The second kappa shape index (κ2) is 10.2. The number of rotatable bonds is 7. The lowest BCUT2D eigenvalue weighted by Gasteiger charge is -2.11. The quantitative estimate of drug-likeness (QED) is 0.172. The Bertz CT molecular complexity index is 1160. The molecule has 14 heteroatoms. The number of nitrogens with one attached hydrogen (secondary N) is 2. The van der Waals surface area contributed by atoms with E-state index in [4.69, 9.17) is 17.4 Å². The van der Waals surface area contributed by atoms with Gasteiger partial charge in [0.15, 0.2) is 0 Å². The molecule has 3 aromatic rings. The Labute approximate surface area is 197 Å². The van der Waals surface area contributed by atoms with E-state index in [0.717, 1.165) is 38.6 Å². The van der Waals surface area contributed by atoms with Gasteiger partial charge in [-0.05, 0) is 35.9 Å². The number of carbonyl (C=O) groups excluding carboxylic acids is 1. The van der Waals surface area contributed by atoms with Crippen molar-refractivity contribution >= 4 is 63.1 Å². The average Bonchev–Trinajstić information content (AvgIpc) is 3.07. The zero-order chi connectivity index (χ0) is 23.3. The van der Waals surface area contributed by atoms with Crippen molar-refractivity contribution in [2.75, 3.05) is 22.3 Å². The maximum absolute atomic E-state index is 12.9. The maximum Gasteiger partial charge on any atom is 0.417 e. The predicted molar refractivity (Wildman–Crippen MR) is 121 cm³/mol. The molecular weight excluding hydrogens is 535 g/mol. The molecule has 3 rings (SSSR count). The molecule has 0 aliphatic heterocycles. The van der Waals surface area contributed by atoms with Gasteiger partial charge >= 0.3 is 6.18 Å². The Morgan fingerprint density at radius 1 is 1.28 bits per heavy atom. The number of hydrazone groups is 1. The second-order valence-corrected chi connectivity index (χ2v) is 8.40. The first-order chi connectivity index (χ1) is 15.1. The van der Waals surface area contributed by atoms with E-state index >= 15 is 0 Å². The maximum atomic E-state index is 12.9. The van der Waals surface area contributed by atoms with Crippen molar-refractivity contribution < 1.29 is 18.0 Å². The minimum atomic E-state index is -4.63. The smallest absolute Gasteiger partial charge is 0.334 e. The first kappa shape index (κ1) is 23.9. The van der Waals surface area contributed by atoms with E-state index in [2.05, 4.69) is 42.0 Å². The summed E-state index contributed by atoms with van der Waals surface area (Å²) >= 11 is 9.87. The highest BCUT2D eigenvalue weighted by molar-refractivity contribution is 9.10. The third-order valence-electron chi connectivity index (χ3n) is 3.78. The lowest BCUT2D eigenvalue weighted by atomic mass is 10.2. The van der Waals surface area contributed by atoms with Crippen LogP contribution in [0.1, 0.15) is 11.1 Å². The summed E-state index contributed by atoms with van der Waals surface area (Å²) in [5, 5.41) is 13.8. The molecule has 0 saturated carbocycles. The molecule has 0 unspecified atom stereocenters. The van der Waals surface area contributed by atoms with Crippen molar-refractivity contribution in [2.24, 2.45) is 5.10 Å². The van der Waals surface area contributed by atoms with Crippen LogP contribution in [0.25, 0.3) is 0 Å². The number of hydrogen-bond donors (Lipinski definition) is 3. The number of halogens is 5. The molecule has 0 atom stereocenters. The molecule has 4 N–H and O–H groups in total. The van der Waals surface area contributed by atoms with Gasteiger partial charge in [0.2, 0.25) is 11.1 Å². The molecule has 0 bridgehead atoms. The highest BCUT2D eigenvalue weighted by Gasteiger charge is 2.33. The fourth-order valence-corrected chi connectivity index (χ4v) is 3.65. The number of thioether (sulfide) groups is 1. The number of benzene rings is 2. The Morgan fingerprint density at radius 2 is 2.06 bits per heavy atom. The summed E-state index contributed by atoms with van der Waals surface area (Å²) in [5.74, 6) is 5.29. The van der Waals surface area contributed by atoms with Crippen LogP contribution >= 0.6 is 39.3 Å². The summed E-state index contributed by atoms with van der Waals surface area (Å²) in [4.78, 5) is 12.1. The monoisotopic (exact) mass is 547 g/mol. The summed E-state index contributed by atoms with van der Waals surface area (Å²) in [7, 11) is 0. The average molecular weight is 549 g/mol. The third kappa shape index (κ3) is 6.37. The number of anilines is 2. The van der Waals surface area contributed by atoms with E-state index in [0.29, 0.717) is 0 Å².